The number of ether oxygens (including phenoxy) is 1. The van der Waals surface area contributed by atoms with Crippen LogP contribution < -0.4 is 0 Å². The van der Waals surface area contributed by atoms with E-state index in [1.165, 1.54) is 7.11 Å². The summed E-state index contributed by atoms with van der Waals surface area (Å²) in [6.45, 7) is 0. The zero-order valence-electron chi connectivity index (χ0n) is 8.56. The first-order valence-electron chi connectivity index (χ1n) is 4.28. The summed E-state index contributed by atoms with van der Waals surface area (Å²) in [4.78, 5) is 11.3. The lowest BCUT2D eigenvalue weighted by molar-refractivity contribution is 0.0600. The third-order valence-electron chi connectivity index (χ3n) is 1.84. The van der Waals surface area contributed by atoms with Crippen molar-refractivity contribution in [3.05, 3.63) is 35.4 Å². The highest BCUT2D eigenvalue weighted by atomic mass is 32.2. The third-order valence-corrected chi connectivity index (χ3v) is 2.68. The Hall–Kier alpha value is -1.36. The van der Waals surface area contributed by atoms with Gasteiger partial charge in [-0.3, -0.25) is 0 Å². The van der Waals surface area contributed by atoms with E-state index in [9.17, 15) is 13.2 Å². The van der Waals surface area contributed by atoms with Gasteiger partial charge in [0.1, 0.15) is 0 Å². The van der Waals surface area contributed by atoms with E-state index in [0.29, 0.717) is 11.1 Å². The number of sulfone groups is 1. The van der Waals surface area contributed by atoms with Crippen LogP contribution in [0.3, 0.4) is 0 Å². The van der Waals surface area contributed by atoms with Crippen molar-refractivity contribution in [1.82, 2.24) is 0 Å². The number of rotatable bonds is 3. The molecule has 1 aromatic carbocycles. The fourth-order valence-electron chi connectivity index (χ4n) is 1.24. The highest BCUT2D eigenvalue weighted by Gasteiger charge is 2.14. The molecule has 0 spiro atoms. The van der Waals surface area contributed by atoms with Gasteiger partial charge in [-0.1, -0.05) is 18.2 Å². The van der Waals surface area contributed by atoms with Gasteiger partial charge in [0, 0.05) is 6.26 Å². The molecule has 0 N–H and O–H groups in total. The molecule has 15 heavy (non-hydrogen) atoms. The summed E-state index contributed by atoms with van der Waals surface area (Å²) >= 11 is 0. The molecule has 0 unspecified atom stereocenters. The maximum atomic E-state index is 11.3. The van der Waals surface area contributed by atoms with E-state index >= 15 is 0 Å². The lowest BCUT2D eigenvalue weighted by Gasteiger charge is -2.05. The van der Waals surface area contributed by atoms with Crippen LogP contribution in [0.25, 0.3) is 0 Å². The summed E-state index contributed by atoms with van der Waals surface area (Å²) in [7, 11) is -1.89. The Morgan fingerprint density at radius 3 is 2.47 bits per heavy atom. The highest BCUT2D eigenvalue weighted by Crippen LogP contribution is 2.12. The van der Waals surface area contributed by atoms with Crippen LogP contribution in [0.4, 0.5) is 0 Å². The SMILES string of the molecule is COC(=O)c1ccccc1CS(C)(=O)=O. The molecule has 4 nitrogen and oxygen atoms in total. The predicted molar refractivity (Wildman–Crippen MR) is 56.3 cm³/mol. The molecule has 82 valence electrons. The second-order valence-electron chi connectivity index (χ2n) is 3.22. The number of methoxy groups -OCH3 is 1. The lowest BCUT2D eigenvalue weighted by Crippen LogP contribution is -2.09. The molecule has 0 atom stereocenters. The Bertz CT molecular complexity index is 462. The minimum absolute atomic E-state index is 0.154. The van der Waals surface area contributed by atoms with Gasteiger partial charge in [-0.05, 0) is 11.6 Å². The molecule has 0 heterocycles. The normalized spacial score (nSPS) is 11.1. The number of esters is 1. The first kappa shape index (κ1) is 11.7. The average Bonchev–Trinajstić information content (AvgIpc) is 2.15. The van der Waals surface area contributed by atoms with Crippen molar-refractivity contribution in [3.63, 3.8) is 0 Å². The van der Waals surface area contributed by atoms with Gasteiger partial charge in [0.05, 0.1) is 18.4 Å². The molecule has 0 saturated carbocycles. The quantitative estimate of drug-likeness (QED) is 0.725. The standard InChI is InChI=1S/C10H12O4S/c1-14-10(11)9-6-4-3-5-8(9)7-15(2,12)13/h3-6H,7H2,1-2H3. The summed E-state index contributed by atoms with van der Waals surface area (Å²) in [5, 5.41) is 0. The molecule has 0 fully saturated rings. The molecular weight excluding hydrogens is 216 g/mol. The van der Waals surface area contributed by atoms with Crippen molar-refractivity contribution in [2.45, 2.75) is 5.75 Å². The Balaban J connectivity index is 3.13. The molecular formula is C10H12O4S. The van der Waals surface area contributed by atoms with Gasteiger partial charge in [0.2, 0.25) is 0 Å². The lowest BCUT2D eigenvalue weighted by atomic mass is 10.1. The van der Waals surface area contributed by atoms with Crippen LogP contribution in [0.2, 0.25) is 0 Å². The van der Waals surface area contributed by atoms with Crippen LogP contribution in [0.15, 0.2) is 24.3 Å². The molecule has 0 saturated heterocycles. The molecule has 0 aliphatic heterocycles. The van der Waals surface area contributed by atoms with E-state index in [2.05, 4.69) is 4.74 Å². The average molecular weight is 228 g/mol. The molecule has 0 amide bonds. The van der Waals surface area contributed by atoms with E-state index < -0.39 is 15.8 Å². The van der Waals surface area contributed by atoms with Crippen molar-refractivity contribution in [1.29, 1.82) is 0 Å². The molecule has 5 heteroatoms. The molecule has 0 aliphatic carbocycles. The van der Waals surface area contributed by atoms with E-state index in [0.717, 1.165) is 6.26 Å². The van der Waals surface area contributed by atoms with Crippen molar-refractivity contribution >= 4 is 15.8 Å². The Kier molecular flexibility index (Phi) is 3.47. The predicted octanol–water partition coefficient (Wildman–Crippen LogP) is 1.02. The van der Waals surface area contributed by atoms with Crippen LogP contribution in [-0.2, 0) is 20.3 Å². The van der Waals surface area contributed by atoms with Crippen LogP contribution in [-0.4, -0.2) is 27.8 Å². The summed E-state index contributed by atoms with van der Waals surface area (Å²) in [6.07, 6.45) is 1.13. The number of carbonyl (C=O) groups is 1. The third kappa shape index (κ3) is 3.36. The minimum Gasteiger partial charge on any atom is -0.465 e. The Morgan fingerprint density at radius 2 is 1.93 bits per heavy atom. The van der Waals surface area contributed by atoms with E-state index in [-0.39, 0.29) is 5.75 Å². The Morgan fingerprint density at radius 1 is 1.33 bits per heavy atom. The minimum atomic E-state index is -3.15. The van der Waals surface area contributed by atoms with Gasteiger partial charge in [0.15, 0.2) is 9.84 Å². The molecule has 0 radical (unpaired) electrons. The van der Waals surface area contributed by atoms with Crippen molar-refractivity contribution in [2.75, 3.05) is 13.4 Å². The molecule has 1 aromatic rings. The fourth-order valence-corrected chi connectivity index (χ4v) is 2.05. The van der Waals surface area contributed by atoms with Crippen LogP contribution in [0.1, 0.15) is 15.9 Å². The molecule has 0 aromatic heterocycles. The second kappa shape index (κ2) is 4.44. The van der Waals surface area contributed by atoms with Gasteiger partial charge in [0.25, 0.3) is 0 Å². The molecule has 0 aliphatic rings. The number of hydrogen-bond acceptors (Lipinski definition) is 4. The maximum absolute atomic E-state index is 11.3. The van der Waals surface area contributed by atoms with Crippen LogP contribution in [0, 0.1) is 0 Å². The second-order valence-corrected chi connectivity index (χ2v) is 5.36. The summed E-state index contributed by atoms with van der Waals surface area (Å²) < 4.78 is 26.8. The van der Waals surface area contributed by atoms with E-state index in [1.54, 1.807) is 24.3 Å². The smallest absolute Gasteiger partial charge is 0.338 e. The maximum Gasteiger partial charge on any atom is 0.338 e. The first-order valence-corrected chi connectivity index (χ1v) is 6.34. The van der Waals surface area contributed by atoms with Crippen LogP contribution >= 0.6 is 0 Å². The van der Waals surface area contributed by atoms with Gasteiger partial charge in [-0.25, -0.2) is 13.2 Å². The van der Waals surface area contributed by atoms with Gasteiger partial charge in [-0.2, -0.15) is 0 Å². The van der Waals surface area contributed by atoms with Crippen molar-refractivity contribution < 1.29 is 17.9 Å². The first-order chi connectivity index (χ1) is 6.94. The number of hydrogen-bond donors (Lipinski definition) is 0. The van der Waals surface area contributed by atoms with Gasteiger partial charge >= 0.3 is 5.97 Å². The van der Waals surface area contributed by atoms with Crippen molar-refractivity contribution in [2.24, 2.45) is 0 Å². The highest BCUT2D eigenvalue weighted by molar-refractivity contribution is 7.89. The van der Waals surface area contributed by atoms with Crippen LogP contribution in [0.5, 0.6) is 0 Å². The fraction of sp³-hybridized carbons (Fsp3) is 0.300. The van der Waals surface area contributed by atoms with E-state index in [1.807, 2.05) is 0 Å². The number of carbonyl (C=O) groups excluding carboxylic acids is 1. The molecule has 1 rings (SSSR count). The largest absolute Gasteiger partial charge is 0.465 e. The zero-order valence-corrected chi connectivity index (χ0v) is 9.37. The topological polar surface area (TPSA) is 60.4 Å². The van der Waals surface area contributed by atoms with Gasteiger partial charge in [-0.15, -0.1) is 0 Å². The Labute approximate surface area is 88.8 Å². The monoisotopic (exact) mass is 228 g/mol. The summed E-state index contributed by atoms with van der Waals surface area (Å²) in [5.41, 5.74) is 0.761. The molecule has 0 bridgehead atoms. The van der Waals surface area contributed by atoms with E-state index in [4.69, 9.17) is 0 Å². The summed E-state index contributed by atoms with van der Waals surface area (Å²) in [6, 6.07) is 6.50. The zero-order chi connectivity index (χ0) is 11.5. The van der Waals surface area contributed by atoms with Gasteiger partial charge < -0.3 is 4.74 Å². The number of benzene rings is 1. The summed E-state index contributed by atoms with van der Waals surface area (Å²) in [5.74, 6) is -0.674. The van der Waals surface area contributed by atoms with Crippen molar-refractivity contribution in [3.8, 4) is 0 Å².